The molecule has 1 rings (SSSR count). The van der Waals surface area contributed by atoms with E-state index in [-0.39, 0.29) is 36.5 Å². The highest BCUT2D eigenvalue weighted by Crippen LogP contribution is 2.11. The van der Waals surface area contributed by atoms with Gasteiger partial charge in [0.2, 0.25) is 5.91 Å². The molecule has 0 aliphatic carbocycles. The number of nitriles is 1. The molecule has 102 valence electrons. The van der Waals surface area contributed by atoms with E-state index in [1.54, 1.807) is 4.90 Å². The monoisotopic (exact) mass is 273 g/mol. The molecule has 0 aromatic heterocycles. The summed E-state index contributed by atoms with van der Waals surface area (Å²) in [5.41, 5.74) is 0. The second kappa shape index (κ2) is 6.71. The molecule has 0 radical (unpaired) electrons. The van der Waals surface area contributed by atoms with E-state index in [2.05, 4.69) is 5.32 Å². The fraction of sp³-hybridized carbons (Fsp3) is 0.818. The summed E-state index contributed by atoms with van der Waals surface area (Å²) in [5.74, 6) is -0.0274. The largest absolute Gasteiger partial charge is 0.351 e. The Kier molecular flexibility index (Phi) is 5.56. The summed E-state index contributed by atoms with van der Waals surface area (Å²) < 4.78 is 22.5. The standard InChI is InChI=1S/C11H19N3O3S/c1-2-5-14(6-4-12)8-11(15)13-10-3-7-18(16,17)9-10/h10H,2-3,5-9H2,1H3,(H,13,15). The summed E-state index contributed by atoms with van der Waals surface area (Å²) in [6.45, 7) is 3.03. The Morgan fingerprint density at radius 1 is 1.56 bits per heavy atom. The molecule has 1 heterocycles. The van der Waals surface area contributed by atoms with E-state index < -0.39 is 9.84 Å². The molecule has 18 heavy (non-hydrogen) atoms. The molecule has 0 aromatic rings. The predicted octanol–water partition coefficient (Wildman–Crippen LogP) is -0.475. The molecule has 1 N–H and O–H groups in total. The molecule has 0 aromatic carbocycles. The molecule has 7 heteroatoms. The van der Waals surface area contributed by atoms with Crippen LogP contribution in [0.1, 0.15) is 19.8 Å². The van der Waals surface area contributed by atoms with Crippen molar-refractivity contribution in [2.24, 2.45) is 0 Å². The Morgan fingerprint density at radius 2 is 2.28 bits per heavy atom. The lowest BCUT2D eigenvalue weighted by atomic mass is 10.2. The van der Waals surface area contributed by atoms with Crippen molar-refractivity contribution < 1.29 is 13.2 Å². The van der Waals surface area contributed by atoms with Gasteiger partial charge in [-0.05, 0) is 19.4 Å². The Balaban J connectivity index is 2.39. The molecular formula is C11H19N3O3S. The first-order valence-corrected chi connectivity index (χ1v) is 7.88. The normalized spacial score (nSPS) is 21.7. The number of amides is 1. The first-order valence-electron chi connectivity index (χ1n) is 6.06. The van der Waals surface area contributed by atoms with Gasteiger partial charge in [-0.15, -0.1) is 0 Å². The first kappa shape index (κ1) is 14.9. The van der Waals surface area contributed by atoms with Gasteiger partial charge in [-0.25, -0.2) is 8.42 Å². The Morgan fingerprint density at radius 3 is 2.78 bits per heavy atom. The highest BCUT2D eigenvalue weighted by molar-refractivity contribution is 7.91. The molecule has 1 atom stereocenters. The topological polar surface area (TPSA) is 90.3 Å². The van der Waals surface area contributed by atoms with E-state index in [0.29, 0.717) is 13.0 Å². The molecule has 0 bridgehead atoms. The van der Waals surface area contributed by atoms with Crippen LogP contribution >= 0.6 is 0 Å². The van der Waals surface area contributed by atoms with E-state index in [9.17, 15) is 13.2 Å². The fourth-order valence-electron chi connectivity index (χ4n) is 2.02. The van der Waals surface area contributed by atoms with Crippen LogP contribution in [0.4, 0.5) is 0 Å². The van der Waals surface area contributed by atoms with Gasteiger partial charge in [0.1, 0.15) is 0 Å². The third kappa shape index (κ3) is 5.02. The van der Waals surface area contributed by atoms with Crippen LogP contribution < -0.4 is 5.32 Å². The summed E-state index contributed by atoms with van der Waals surface area (Å²) >= 11 is 0. The summed E-state index contributed by atoms with van der Waals surface area (Å²) in [4.78, 5) is 13.5. The van der Waals surface area contributed by atoms with Crippen molar-refractivity contribution in [3.8, 4) is 6.07 Å². The van der Waals surface area contributed by atoms with Crippen molar-refractivity contribution in [3.63, 3.8) is 0 Å². The number of nitrogens with zero attached hydrogens (tertiary/aromatic N) is 2. The van der Waals surface area contributed by atoms with Crippen molar-refractivity contribution >= 4 is 15.7 Å². The molecule has 1 amide bonds. The van der Waals surface area contributed by atoms with Gasteiger partial charge in [0.15, 0.2) is 9.84 Å². The number of sulfone groups is 1. The number of carbonyl (C=O) groups excluding carboxylic acids is 1. The van der Waals surface area contributed by atoms with Crippen molar-refractivity contribution in [1.82, 2.24) is 10.2 Å². The second-order valence-corrected chi connectivity index (χ2v) is 6.76. The van der Waals surface area contributed by atoms with E-state index >= 15 is 0 Å². The minimum Gasteiger partial charge on any atom is -0.351 e. The SMILES string of the molecule is CCCN(CC#N)CC(=O)NC1CCS(=O)(=O)C1. The predicted molar refractivity (Wildman–Crippen MR) is 67.5 cm³/mol. The fourth-order valence-corrected chi connectivity index (χ4v) is 3.69. The maximum atomic E-state index is 11.7. The molecule has 6 nitrogen and oxygen atoms in total. The number of hydrogen-bond acceptors (Lipinski definition) is 5. The van der Waals surface area contributed by atoms with Gasteiger partial charge >= 0.3 is 0 Å². The Bertz CT molecular complexity index is 427. The summed E-state index contributed by atoms with van der Waals surface area (Å²) in [5, 5.41) is 11.3. The molecule has 1 saturated heterocycles. The summed E-state index contributed by atoms with van der Waals surface area (Å²) in [6.07, 6.45) is 1.35. The van der Waals surface area contributed by atoms with Gasteiger partial charge < -0.3 is 5.32 Å². The Labute approximate surface area is 108 Å². The van der Waals surface area contributed by atoms with Gasteiger partial charge in [0.25, 0.3) is 0 Å². The minimum absolute atomic E-state index is 0.0325. The molecule has 1 fully saturated rings. The van der Waals surface area contributed by atoms with E-state index in [0.717, 1.165) is 6.42 Å². The van der Waals surface area contributed by atoms with Crippen LogP contribution in [0.3, 0.4) is 0 Å². The van der Waals surface area contributed by atoms with Crippen LogP contribution in [0.25, 0.3) is 0 Å². The zero-order chi connectivity index (χ0) is 13.6. The number of nitrogens with one attached hydrogen (secondary N) is 1. The second-order valence-electron chi connectivity index (χ2n) is 4.54. The molecule has 0 spiro atoms. The van der Waals surface area contributed by atoms with Gasteiger partial charge in [-0.3, -0.25) is 9.69 Å². The average Bonchev–Trinajstić information content (AvgIpc) is 2.58. The van der Waals surface area contributed by atoms with Crippen molar-refractivity contribution in [2.45, 2.75) is 25.8 Å². The minimum atomic E-state index is -2.97. The number of hydrogen-bond donors (Lipinski definition) is 1. The maximum Gasteiger partial charge on any atom is 0.234 e. The lowest BCUT2D eigenvalue weighted by molar-refractivity contribution is -0.122. The van der Waals surface area contributed by atoms with Crippen molar-refractivity contribution in [1.29, 1.82) is 5.26 Å². The zero-order valence-electron chi connectivity index (χ0n) is 10.6. The van der Waals surface area contributed by atoms with E-state index in [4.69, 9.17) is 5.26 Å². The van der Waals surface area contributed by atoms with Crippen LogP contribution in [0.15, 0.2) is 0 Å². The molecule has 0 saturated carbocycles. The summed E-state index contributed by atoms with van der Waals surface area (Å²) in [6, 6.07) is 1.74. The van der Waals surface area contributed by atoms with Crippen LogP contribution in [0.5, 0.6) is 0 Å². The zero-order valence-corrected chi connectivity index (χ0v) is 11.4. The lowest BCUT2D eigenvalue weighted by Gasteiger charge is -2.19. The number of carbonyl (C=O) groups is 1. The van der Waals surface area contributed by atoms with Crippen LogP contribution in [-0.4, -0.2) is 56.4 Å². The smallest absolute Gasteiger partial charge is 0.234 e. The molecule has 1 aliphatic heterocycles. The molecule has 1 unspecified atom stereocenters. The summed E-state index contributed by atoms with van der Waals surface area (Å²) in [7, 11) is -2.97. The highest BCUT2D eigenvalue weighted by atomic mass is 32.2. The van der Waals surface area contributed by atoms with Gasteiger partial charge in [0, 0.05) is 6.04 Å². The van der Waals surface area contributed by atoms with Gasteiger partial charge in [0.05, 0.1) is 30.7 Å². The average molecular weight is 273 g/mol. The van der Waals surface area contributed by atoms with Crippen LogP contribution in [-0.2, 0) is 14.6 Å². The first-order chi connectivity index (χ1) is 8.46. The van der Waals surface area contributed by atoms with Crippen LogP contribution in [0.2, 0.25) is 0 Å². The highest BCUT2D eigenvalue weighted by Gasteiger charge is 2.29. The third-order valence-electron chi connectivity index (χ3n) is 2.80. The Hall–Kier alpha value is -1.13. The van der Waals surface area contributed by atoms with E-state index in [1.165, 1.54) is 0 Å². The van der Waals surface area contributed by atoms with Gasteiger partial charge in [-0.2, -0.15) is 5.26 Å². The maximum absolute atomic E-state index is 11.7. The van der Waals surface area contributed by atoms with Crippen LogP contribution in [0, 0.1) is 11.3 Å². The lowest BCUT2D eigenvalue weighted by Crippen LogP contribution is -2.43. The quantitative estimate of drug-likeness (QED) is 0.660. The van der Waals surface area contributed by atoms with Crippen molar-refractivity contribution in [2.75, 3.05) is 31.1 Å². The molecule has 1 aliphatic rings. The molecular weight excluding hydrogens is 254 g/mol. The third-order valence-corrected chi connectivity index (χ3v) is 4.57. The number of rotatable bonds is 6. The van der Waals surface area contributed by atoms with Crippen molar-refractivity contribution in [3.05, 3.63) is 0 Å². The van der Waals surface area contributed by atoms with E-state index in [1.807, 2.05) is 13.0 Å². The van der Waals surface area contributed by atoms with Gasteiger partial charge in [-0.1, -0.05) is 6.92 Å².